The molecule has 0 radical (unpaired) electrons. The predicted octanol–water partition coefficient (Wildman–Crippen LogP) is 10.2. The zero-order valence-corrected chi connectivity index (χ0v) is 49.7. The Kier molecular flexibility index (Phi) is 25.0. The van der Waals surface area contributed by atoms with Gasteiger partial charge in [-0.25, -0.2) is 4.79 Å². The van der Waals surface area contributed by atoms with Crippen LogP contribution < -0.4 is 0 Å². The van der Waals surface area contributed by atoms with Crippen molar-refractivity contribution < 1.29 is 62.3 Å². The standard InChI is InChI=1S/C60H99NO13Si/c1-38-22-17-16-18-23-39(2)50(69-11)36-47-29-26-44(7)60(68,74-47)56(65)57(66)61-30-20-19-25-48(61)58(67)73-51(37-49(62)40(3)33-43(6)54(64)55(71-13)53(63)42(5)32-38)41(4)34-45-27-28-46(52(35-45)70-12)24-21-31-72-75(14,15)59(8,9)10/h16-18,22-23,33,38,40-42,44-48,50-52,54-55,64,68H,19-21,24-32,34-37H2,1-15H3/b18-16+,22-17+,39-23+,43-33+/t38-,40-,41-,42-,44-,45+,46-,47+,48+,50+,51+,52-,54-,55+,60-/m1/s1. The highest BCUT2D eigenvalue weighted by molar-refractivity contribution is 6.74. The lowest BCUT2D eigenvalue weighted by Gasteiger charge is -2.42. The first-order valence-corrected chi connectivity index (χ1v) is 31.2. The number of cyclic esters (lactones) is 1. The number of aliphatic hydroxyl groups excluding tert-OH is 1. The molecule has 1 saturated carbocycles. The molecule has 15 heteroatoms. The minimum atomic E-state index is -2.42. The second-order valence-corrected chi connectivity index (χ2v) is 29.3. The zero-order chi connectivity index (χ0) is 56.0. The number of esters is 1. The number of ether oxygens (including phenoxy) is 5. The summed E-state index contributed by atoms with van der Waals surface area (Å²) < 4.78 is 36.7. The van der Waals surface area contributed by atoms with E-state index in [2.05, 4.69) is 33.9 Å². The minimum Gasteiger partial charge on any atom is -0.460 e. The van der Waals surface area contributed by atoms with Gasteiger partial charge in [0.05, 0.1) is 18.3 Å². The number of hydrogen-bond donors (Lipinski definition) is 2. The molecule has 75 heavy (non-hydrogen) atoms. The average molecular weight is 1070 g/mol. The Bertz CT molecular complexity index is 2020. The lowest BCUT2D eigenvalue weighted by atomic mass is 9.74. The van der Waals surface area contributed by atoms with Crippen molar-refractivity contribution in [1.82, 2.24) is 4.90 Å². The molecule has 3 fully saturated rings. The van der Waals surface area contributed by atoms with Gasteiger partial charge in [-0.15, -0.1) is 0 Å². The van der Waals surface area contributed by atoms with Crippen LogP contribution in [0.2, 0.25) is 18.1 Å². The van der Waals surface area contributed by atoms with Crippen molar-refractivity contribution in [3.8, 4) is 0 Å². The molecule has 2 saturated heterocycles. The quantitative estimate of drug-likeness (QED) is 0.0656. The van der Waals surface area contributed by atoms with E-state index in [1.54, 1.807) is 41.1 Å². The highest BCUT2D eigenvalue weighted by Crippen LogP contribution is 2.41. The maximum atomic E-state index is 14.6. The molecule has 1 aliphatic carbocycles. The molecule has 1 amide bonds. The third kappa shape index (κ3) is 17.7. The summed E-state index contributed by atoms with van der Waals surface area (Å²) >= 11 is 0. The zero-order valence-electron chi connectivity index (χ0n) is 48.7. The number of methoxy groups -OCH3 is 3. The summed E-state index contributed by atoms with van der Waals surface area (Å²) in [5.41, 5.74) is 1.30. The average Bonchev–Trinajstić information content (AvgIpc) is 3.36. The van der Waals surface area contributed by atoms with Gasteiger partial charge in [-0.05, 0) is 144 Å². The van der Waals surface area contributed by atoms with Gasteiger partial charge >= 0.3 is 5.97 Å². The summed E-state index contributed by atoms with van der Waals surface area (Å²) in [6.07, 6.45) is 15.4. The third-order valence-corrected chi connectivity index (χ3v) is 22.2. The molecule has 0 unspecified atom stereocenters. The molecule has 3 aliphatic heterocycles. The van der Waals surface area contributed by atoms with Crippen LogP contribution in [-0.4, -0.2) is 136 Å². The number of carbonyl (C=O) groups excluding carboxylic acids is 5. The SMILES string of the molecule is CO[C@H]1C[C@@H]2CC[C@@H](C)[C@@](O)(O2)C(=O)C(=O)N2CCCC[C@H]2C(=O)O[C@H]([C@H](C)C[C@@H]2CC[C@@H](CCCO[Si](C)(C)C(C)(C)C)[C@H](OC)C2)CC(=O)[C@H](C)/C=C(\C)[C@@H](O)[C@@H](OC)C(=O)[C@H](C)C[C@H](C)/C=C/C=C/C=C/1C. The van der Waals surface area contributed by atoms with E-state index >= 15 is 0 Å². The normalized spacial score (nSPS) is 37.1. The number of rotatable bonds is 11. The van der Waals surface area contributed by atoms with Crippen molar-refractivity contribution in [3.05, 3.63) is 47.6 Å². The number of hydrogen-bond acceptors (Lipinski definition) is 13. The summed E-state index contributed by atoms with van der Waals surface area (Å²) in [5, 5.41) is 23.8. The number of fused-ring (bicyclic) bond motifs is 3. The fourth-order valence-corrected chi connectivity index (χ4v) is 12.5. The molecule has 426 valence electrons. The van der Waals surface area contributed by atoms with Crippen LogP contribution in [0.25, 0.3) is 0 Å². The topological polar surface area (TPSA) is 184 Å². The number of Topliss-reactive ketones (excluding diaryl/α,β-unsaturated/α-hetero) is 3. The van der Waals surface area contributed by atoms with Gasteiger partial charge in [0.25, 0.3) is 11.7 Å². The predicted molar refractivity (Wildman–Crippen MR) is 295 cm³/mol. The minimum absolute atomic E-state index is 0.0223. The van der Waals surface area contributed by atoms with Crippen LogP contribution in [0.15, 0.2) is 47.6 Å². The first kappa shape index (κ1) is 64.4. The number of aliphatic hydroxyl groups is 2. The van der Waals surface area contributed by atoms with Gasteiger partial charge < -0.3 is 43.2 Å². The molecule has 4 aliphatic rings. The molecule has 0 aromatic heterocycles. The Morgan fingerprint density at radius 3 is 2.23 bits per heavy atom. The maximum Gasteiger partial charge on any atom is 0.329 e. The summed E-state index contributed by atoms with van der Waals surface area (Å²) in [6.45, 7) is 25.0. The Morgan fingerprint density at radius 1 is 0.867 bits per heavy atom. The van der Waals surface area contributed by atoms with E-state index in [4.69, 9.17) is 28.1 Å². The molecular weight excluding hydrogens is 971 g/mol. The van der Waals surface area contributed by atoms with Crippen molar-refractivity contribution in [2.75, 3.05) is 34.5 Å². The molecule has 2 N–H and O–H groups in total. The highest BCUT2D eigenvalue weighted by Gasteiger charge is 2.53. The van der Waals surface area contributed by atoms with E-state index in [1.165, 1.54) is 12.0 Å². The molecule has 0 aromatic rings. The van der Waals surface area contributed by atoms with Crippen LogP contribution in [0.1, 0.15) is 159 Å². The van der Waals surface area contributed by atoms with Crippen molar-refractivity contribution in [2.45, 2.75) is 226 Å². The Morgan fingerprint density at radius 2 is 1.57 bits per heavy atom. The molecule has 4 rings (SSSR count). The van der Waals surface area contributed by atoms with Crippen molar-refractivity contribution in [1.29, 1.82) is 0 Å². The molecular formula is C60H99NO13Si. The van der Waals surface area contributed by atoms with Crippen molar-refractivity contribution in [2.24, 2.45) is 41.4 Å². The van der Waals surface area contributed by atoms with E-state index in [0.29, 0.717) is 56.4 Å². The van der Waals surface area contributed by atoms with Gasteiger partial charge in [0.15, 0.2) is 14.1 Å². The lowest BCUT2D eigenvalue weighted by Crippen LogP contribution is -2.61. The number of carbonyl (C=O) groups is 5. The van der Waals surface area contributed by atoms with Gasteiger partial charge in [-0.1, -0.05) is 91.8 Å². The number of ketones is 3. The van der Waals surface area contributed by atoms with Crippen molar-refractivity contribution in [3.63, 3.8) is 0 Å². The van der Waals surface area contributed by atoms with E-state index in [1.807, 2.05) is 58.1 Å². The van der Waals surface area contributed by atoms with Crippen LogP contribution in [-0.2, 0) is 52.1 Å². The Balaban J connectivity index is 1.65. The number of amides is 1. The van der Waals surface area contributed by atoms with E-state index in [9.17, 15) is 34.2 Å². The van der Waals surface area contributed by atoms with Gasteiger partial charge in [0.1, 0.15) is 30.1 Å². The first-order valence-electron chi connectivity index (χ1n) is 28.3. The second-order valence-electron chi connectivity index (χ2n) is 24.5. The van der Waals surface area contributed by atoms with Crippen LogP contribution in [0.4, 0.5) is 0 Å². The summed E-state index contributed by atoms with van der Waals surface area (Å²) in [4.78, 5) is 72.8. The van der Waals surface area contributed by atoms with Crippen LogP contribution in [0.5, 0.6) is 0 Å². The van der Waals surface area contributed by atoms with E-state index < -0.39 is 86.1 Å². The maximum absolute atomic E-state index is 14.6. The number of piperidine rings is 1. The molecule has 3 heterocycles. The first-order chi connectivity index (χ1) is 35.2. The molecule has 0 aromatic carbocycles. The van der Waals surface area contributed by atoms with Crippen LogP contribution in [0.3, 0.4) is 0 Å². The number of allylic oxidation sites excluding steroid dienone is 6. The van der Waals surface area contributed by atoms with Crippen LogP contribution >= 0.6 is 0 Å². The Labute approximate surface area is 452 Å². The smallest absolute Gasteiger partial charge is 0.329 e. The summed E-state index contributed by atoms with van der Waals surface area (Å²) in [7, 11) is 2.90. The molecule has 0 spiro atoms. The van der Waals surface area contributed by atoms with E-state index in [-0.39, 0.29) is 59.8 Å². The second kappa shape index (κ2) is 29.2. The fraction of sp³-hybridized carbons (Fsp3) is 0.783. The Hall–Kier alpha value is -3.15. The number of nitrogens with zero attached hydrogens (tertiary/aromatic N) is 1. The molecule has 2 bridgehead atoms. The molecule has 15 atom stereocenters. The molecule has 14 nitrogen and oxygen atoms in total. The van der Waals surface area contributed by atoms with Gasteiger partial charge in [0, 0.05) is 65.1 Å². The van der Waals surface area contributed by atoms with Crippen molar-refractivity contribution >= 4 is 37.5 Å². The van der Waals surface area contributed by atoms with Gasteiger partial charge in [-0.3, -0.25) is 19.2 Å². The van der Waals surface area contributed by atoms with Crippen LogP contribution in [0, 0.1) is 41.4 Å². The third-order valence-electron chi connectivity index (χ3n) is 17.6. The van der Waals surface area contributed by atoms with E-state index in [0.717, 1.165) is 44.3 Å². The summed E-state index contributed by atoms with van der Waals surface area (Å²) in [6, 6.07) is -1.12. The lowest BCUT2D eigenvalue weighted by molar-refractivity contribution is -0.265. The highest BCUT2D eigenvalue weighted by atomic mass is 28.4. The van der Waals surface area contributed by atoms with Gasteiger partial charge in [-0.2, -0.15) is 0 Å². The summed E-state index contributed by atoms with van der Waals surface area (Å²) in [5.74, 6) is -7.25. The fourth-order valence-electron chi connectivity index (χ4n) is 11.5. The monoisotopic (exact) mass is 1070 g/mol. The largest absolute Gasteiger partial charge is 0.460 e. The van der Waals surface area contributed by atoms with Gasteiger partial charge in [0.2, 0.25) is 5.79 Å².